The SMILES string of the molecule is C#CC(C)NC(CN)c1cc(Br)c(Br)o1. The minimum atomic E-state index is -0.0707. The van der Waals surface area contributed by atoms with Crippen molar-refractivity contribution in [2.45, 2.75) is 19.0 Å². The predicted octanol–water partition coefficient (Wildman–Crippen LogP) is 2.42. The fourth-order valence-corrected chi connectivity index (χ4v) is 1.76. The molecular formula is C10H12Br2N2O. The molecule has 0 amide bonds. The molecule has 0 aliphatic heterocycles. The van der Waals surface area contributed by atoms with Crippen LogP contribution >= 0.6 is 31.9 Å². The Morgan fingerprint density at radius 1 is 1.67 bits per heavy atom. The number of nitrogens with two attached hydrogens (primary N) is 1. The van der Waals surface area contributed by atoms with E-state index >= 15 is 0 Å². The van der Waals surface area contributed by atoms with Crippen molar-refractivity contribution in [1.29, 1.82) is 0 Å². The first-order chi connectivity index (χ1) is 7.08. The van der Waals surface area contributed by atoms with Crippen molar-refractivity contribution in [3.05, 3.63) is 21.0 Å². The first-order valence-corrected chi connectivity index (χ1v) is 6.04. The van der Waals surface area contributed by atoms with Gasteiger partial charge in [-0.05, 0) is 44.8 Å². The summed E-state index contributed by atoms with van der Waals surface area (Å²) in [4.78, 5) is 0. The van der Waals surface area contributed by atoms with E-state index in [1.807, 2.05) is 13.0 Å². The Kier molecular flexibility index (Phi) is 4.87. The lowest BCUT2D eigenvalue weighted by Gasteiger charge is -2.16. The number of nitrogens with one attached hydrogen (secondary N) is 1. The van der Waals surface area contributed by atoms with E-state index in [2.05, 4.69) is 43.1 Å². The predicted molar refractivity (Wildman–Crippen MR) is 67.3 cm³/mol. The van der Waals surface area contributed by atoms with Crippen molar-refractivity contribution in [3.8, 4) is 12.3 Å². The van der Waals surface area contributed by atoms with Crippen molar-refractivity contribution in [2.24, 2.45) is 5.73 Å². The quantitative estimate of drug-likeness (QED) is 0.831. The van der Waals surface area contributed by atoms with E-state index in [-0.39, 0.29) is 12.1 Å². The van der Waals surface area contributed by atoms with Gasteiger partial charge in [-0.2, -0.15) is 0 Å². The second-order valence-corrected chi connectivity index (χ2v) is 4.69. The molecule has 0 aliphatic rings. The highest BCUT2D eigenvalue weighted by Gasteiger charge is 2.17. The lowest BCUT2D eigenvalue weighted by atomic mass is 10.2. The summed E-state index contributed by atoms with van der Waals surface area (Å²) in [6.45, 7) is 2.33. The van der Waals surface area contributed by atoms with Crippen LogP contribution in [0, 0.1) is 12.3 Å². The smallest absolute Gasteiger partial charge is 0.183 e. The monoisotopic (exact) mass is 334 g/mol. The van der Waals surface area contributed by atoms with E-state index in [9.17, 15) is 0 Å². The van der Waals surface area contributed by atoms with Gasteiger partial charge in [0.2, 0.25) is 0 Å². The van der Waals surface area contributed by atoms with Gasteiger partial charge in [-0.3, -0.25) is 5.32 Å². The molecule has 1 aromatic heterocycles. The average Bonchev–Trinajstić information content (AvgIpc) is 2.55. The molecule has 82 valence electrons. The van der Waals surface area contributed by atoms with Crippen LogP contribution in [0.15, 0.2) is 19.6 Å². The molecule has 5 heteroatoms. The number of halogens is 2. The van der Waals surface area contributed by atoms with Gasteiger partial charge >= 0.3 is 0 Å². The Morgan fingerprint density at radius 3 is 2.73 bits per heavy atom. The molecule has 1 heterocycles. The van der Waals surface area contributed by atoms with Crippen molar-refractivity contribution in [2.75, 3.05) is 6.54 Å². The van der Waals surface area contributed by atoms with E-state index in [0.717, 1.165) is 10.2 Å². The molecule has 0 aliphatic carbocycles. The molecule has 0 saturated carbocycles. The van der Waals surface area contributed by atoms with Gasteiger partial charge in [0.1, 0.15) is 5.76 Å². The van der Waals surface area contributed by atoms with Crippen molar-refractivity contribution < 1.29 is 4.42 Å². The van der Waals surface area contributed by atoms with Gasteiger partial charge < -0.3 is 10.2 Å². The second kappa shape index (κ2) is 5.71. The Hall–Kier alpha value is -0.280. The highest BCUT2D eigenvalue weighted by molar-refractivity contribution is 9.13. The fraction of sp³-hybridized carbons (Fsp3) is 0.400. The van der Waals surface area contributed by atoms with Crippen LogP contribution in [-0.2, 0) is 0 Å². The molecule has 0 spiro atoms. The molecule has 0 radical (unpaired) electrons. The maximum absolute atomic E-state index is 5.65. The minimum Gasteiger partial charge on any atom is -0.451 e. The van der Waals surface area contributed by atoms with Crippen LogP contribution in [0.4, 0.5) is 0 Å². The minimum absolute atomic E-state index is 0.0406. The summed E-state index contributed by atoms with van der Waals surface area (Å²) in [6.07, 6.45) is 5.29. The summed E-state index contributed by atoms with van der Waals surface area (Å²) in [6, 6.07) is 1.76. The molecule has 0 bridgehead atoms. The first kappa shape index (κ1) is 12.8. The molecule has 1 aromatic rings. The molecule has 3 nitrogen and oxygen atoms in total. The molecular weight excluding hydrogens is 324 g/mol. The van der Waals surface area contributed by atoms with Gasteiger partial charge in [-0.25, -0.2) is 0 Å². The summed E-state index contributed by atoms with van der Waals surface area (Å²) in [5, 5.41) is 3.18. The summed E-state index contributed by atoms with van der Waals surface area (Å²) in [7, 11) is 0. The third kappa shape index (κ3) is 3.35. The molecule has 0 aromatic carbocycles. The summed E-state index contributed by atoms with van der Waals surface area (Å²) in [5.74, 6) is 3.35. The first-order valence-electron chi connectivity index (χ1n) is 4.45. The van der Waals surface area contributed by atoms with Gasteiger partial charge in [-0.1, -0.05) is 5.92 Å². The van der Waals surface area contributed by atoms with Crippen LogP contribution < -0.4 is 11.1 Å². The Morgan fingerprint density at radius 2 is 2.33 bits per heavy atom. The average molecular weight is 336 g/mol. The van der Waals surface area contributed by atoms with E-state index in [1.54, 1.807) is 0 Å². The van der Waals surface area contributed by atoms with Gasteiger partial charge in [0.15, 0.2) is 4.67 Å². The molecule has 15 heavy (non-hydrogen) atoms. The number of hydrogen-bond acceptors (Lipinski definition) is 3. The Bertz CT molecular complexity index is 350. The van der Waals surface area contributed by atoms with E-state index in [0.29, 0.717) is 11.2 Å². The second-order valence-electron chi connectivity index (χ2n) is 3.11. The van der Waals surface area contributed by atoms with Crippen LogP contribution in [0.5, 0.6) is 0 Å². The number of rotatable bonds is 4. The van der Waals surface area contributed by atoms with Crippen LogP contribution in [-0.4, -0.2) is 12.6 Å². The van der Waals surface area contributed by atoms with Crippen molar-refractivity contribution in [1.82, 2.24) is 5.32 Å². The van der Waals surface area contributed by atoms with Gasteiger partial charge in [0, 0.05) is 6.54 Å². The molecule has 0 fully saturated rings. The molecule has 3 N–H and O–H groups in total. The third-order valence-corrected chi connectivity index (χ3v) is 3.65. The van der Waals surface area contributed by atoms with Crippen LogP contribution in [0.1, 0.15) is 18.7 Å². The number of hydrogen-bond donors (Lipinski definition) is 2. The fourth-order valence-electron chi connectivity index (χ4n) is 1.15. The van der Waals surface area contributed by atoms with E-state index < -0.39 is 0 Å². The zero-order valence-corrected chi connectivity index (χ0v) is 11.4. The summed E-state index contributed by atoms with van der Waals surface area (Å²) >= 11 is 6.62. The van der Waals surface area contributed by atoms with Crippen molar-refractivity contribution >= 4 is 31.9 Å². The number of terminal acetylenes is 1. The zero-order chi connectivity index (χ0) is 11.4. The number of furan rings is 1. The van der Waals surface area contributed by atoms with Crippen LogP contribution in [0.25, 0.3) is 0 Å². The third-order valence-electron chi connectivity index (χ3n) is 1.94. The van der Waals surface area contributed by atoms with Crippen LogP contribution in [0.3, 0.4) is 0 Å². The highest BCUT2D eigenvalue weighted by atomic mass is 79.9. The largest absolute Gasteiger partial charge is 0.451 e. The Balaban J connectivity index is 2.79. The van der Waals surface area contributed by atoms with Crippen molar-refractivity contribution in [3.63, 3.8) is 0 Å². The molecule has 1 rings (SSSR count). The van der Waals surface area contributed by atoms with Gasteiger partial charge in [0.05, 0.1) is 16.6 Å². The van der Waals surface area contributed by atoms with E-state index in [4.69, 9.17) is 16.6 Å². The maximum Gasteiger partial charge on any atom is 0.183 e. The molecule has 0 saturated heterocycles. The lowest BCUT2D eigenvalue weighted by Crippen LogP contribution is -2.33. The maximum atomic E-state index is 5.65. The Labute approximate surface area is 106 Å². The van der Waals surface area contributed by atoms with Gasteiger partial charge in [0.25, 0.3) is 0 Å². The van der Waals surface area contributed by atoms with E-state index in [1.165, 1.54) is 0 Å². The highest BCUT2D eigenvalue weighted by Crippen LogP contribution is 2.29. The molecule has 2 unspecified atom stereocenters. The zero-order valence-electron chi connectivity index (χ0n) is 8.26. The van der Waals surface area contributed by atoms with Crippen LogP contribution in [0.2, 0.25) is 0 Å². The van der Waals surface area contributed by atoms with Gasteiger partial charge in [-0.15, -0.1) is 6.42 Å². The lowest BCUT2D eigenvalue weighted by molar-refractivity contribution is 0.397. The standard InChI is InChI=1S/C10H12Br2N2O/c1-3-6(2)14-8(5-13)9-4-7(11)10(12)15-9/h1,4,6,8,14H,5,13H2,2H3. The molecule has 2 atom stereocenters. The topological polar surface area (TPSA) is 51.2 Å². The summed E-state index contributed by atoms with van der Waals surface area (Å²) < 4.78 is 7.00. The summed E-state index contributed by atoms with van der Waals surface area (Å²) in [5.41, 5.74) is 5.65. The normalized spacial score (nSPS) is 14.6.